The Balaban J connectivity index is 1.34. The van der Waals surface area contributed by atoms with Gasteiger partial charge in [0.15, 0.2) is 0 Å². The molecule has 0 unspecified atom stereocenters. The van der Waals surface area contributed by atoms with Gasteiger partial charge in [-0.2, -0.15) is 0 Å². The second-order valence-electron chi connectivity index (χ2n) is 10.9. The lowest BCUT2D eigenvalue weighted by Crippen LogP contribution is -2.34. The first-order valence-electron chi connectivity index (χ1n) is 14.8. The van der Waals surface area contributed by atoms with Gasteiger partial charge in [0.05, 0.1) is 26.7 Å². The molecule has 0 radical (unpaired) electrons. The van der Waals surface area contributed by atoms with E-state index in [1.54, 1.807) is 61.8 Å². The van der Waals surface area contributed by atoms with Crippen molar-refractivity contribution in [3.05, 3.63) is 114 Å². The molecule has 0 fully saturated rings. The third-order valence-corrected chi connectivity index (χ3v) is 9.29. The van der Waals surface area contributed by atoms with E-state index in [-0.39, 0.29) is 34.9 Å². The van der Waals surface area contributed by atoms with Crippen LogP contribution in [0.25, 0.3) is 6.08 Å². The zero-order valence-electron chi connectivity index (χ0n) is 25.9. The Bertz CT molecular complexity index is 1860. The summed E-state index contributed by atoms with van der Waals surface area (Å²) in [7, 11) is 0.678. The number of likely N-dealkylation sites (N-methyl/N-ethyl adjacent to an activating group) is 1. The van der Waals surface area contributed by atoms with Gasteiger partial charge in [0.2, 0.25) is 11.8 Å². The highest BCUT2D eigenvalue weighted by molar-refractivity contribution is 7.92. The number of hydrogen-bond acceptors (Lipinski definition) is 7. The van der Waals surface area contributed by atoms with E-state index in [1.165, 1.54) is 25.3 Å². The Morgan fingerprint density at radius 1 is 0.978 bits per heavy atom. The summed E-state index contributed by atoms with van der Waals surface area (Å²) in [5, 5.41) is 2.72. The molecule has 0 saturated heterocycles. The molecular formula is C35H36N4O6S. The van der Waals surface area contributed by atoms with Gasteiger partial charge in [0.1, 0.15) is 16.4 Å². The number of carbonyl (C=O) groups excluding carboxylic acids is 2. The van der Waals surface area contributed by atoms with E-state index in [0.717, 1.165) is 36.0 Å². The Kier molecular flexibility index (Phi) is 10.0. The van der Waals surface area contributed by atoms with Crippen molar-refractivity contribution in [3.63, 3.8) is 0 Å². The minimum Gasteiger partial charge on any atom is -0.497 e. The van der Waals surface area contributed by atoms with Gasteiger partial charge in [0.25, 0.3) is 10.0 Å². The summed E-state index contributed by atoms with van der Waals surface area (Å²) in [6.07, 6.45) is 8.72. The van der Waals surface area contributed by atoms with E-state index in [1.807, 2.05) is 36.4 Å². The van der Waals surface area contributed by atoms with E-state index in [9.17, 15) is 18.0 Å². The third-order valence-electron chi connectivity index (χ3n) is 7.88. The number of sulfonamides is 1. The van der Waals surface area contributed by atoms with Crippen LogP contribution in [0.2, 0.25) is 0 Å². The second kappa shape index (κ2) is 14.3. The van der Waals surface area contributed by atoms with Crippen molar-refractivity contribution in [2.24, 2.45) is 0 Å². The Morgan fingerprint density at radius 3 is 2.54 bits per heavy atom. The van der Waals surface area contributed by atoms with Gasteiger partial charge in [-0.15, -0.1) is 0 Å². The summed E-state index contributed by atoms with van der Waals surface area (Å²) in [4.78, 5) is 31.3. The molecule has 1 atom stereocenters. The van der Waals surface area contributed by atoms with Crippen LogP contribution in [0.1, 0.15) is 41.1 Å². The number of amides is 2. The second-order valence-corrected chi connectivity index (χ2v) is 12.6. The highest BCUT2D eigenvalue weighted by Gasteiger charge is 2.28. The van der Waals surface area contributed by atoms with E-state index < -0.39 is 10.0 Å². The molecule has 1 aromatic heterocycles. The van der Waals surface area contributed by atoms with Gasteiger partial charge >= 0.3 is 0 Å². The van der Waals surface area contributed by atoms with Crippen LogP contribution in [-0.2, 0) is 32.5 Å². The fraction of sp³-hybridized carbons (Fsp3) is 0.229. The quantitative estimate of drug-likeness (QED) is 0.204. The van der Waals surface area contributed by atoms with E-state index >= 15 is 0 Å². The summed E-state index contributed by atoms with van der Waals surface area (Å²) in [5.74, 6) is 0.434. The van der Waals surface area contributed by atoms with E-state index in [2.05, 4.69) is 15.0 Å². The normalized spacial score (nSPS) is 14.3. The summed E-state index contributed by atoms with van der Waals surface area (Å²) >= 11 is 0. The molecule has 3 aromatic carbocycles. The molecule has 11 heteroatoms. The maximum absolute atomic E-state index is 13.7. The number of aryl methyl sites for hydroxylation is 1. The SMILES string of the molecule is COc1cccc(CC(=O)N(C)[C@H]2CCCc3ccc(NS(=O)(=O)c4cc(/C=C/C(=O)Nc5ccncc5)ccc4OC)cc32)c1. The molecule has 10 nitrogen and oxygen atoms in total. The molecule has 46 heavy (non-hydrogen) atoms. The average Bonchev–Trinajstić information content (AvgIpc) is 3.07. The van der Waals surface area contributed by atoms with Crippen LogP contribution in [-0.4, -0.2) is 51.4 Å². The topological polar surface area (TPSA) is 127 Å². The maximum atomic E-state index is 13.7. The van der Waals surface area contributed by atoms with Crippen LogP contribution in [0.3, 0.4) is 0 Å². The monoisotopic (exact) mass is 640 g/mol. The van der Waals surface area contributed by atoms with Crippen LogP contribution >= 0.6 is 0 Å². The number of nitrogens with one attached hydrogen (secondary N) is 2. The predicted molar refractivity (Wildman–Crippen MR) is 177 cm³/mol. The van der Waals surface area contributed by atoms with Crippen LogP contribution in [0, 0.1) is 0 Å². The average molecular weight is 641 g/mol. The minimum atomic E-state index is -4.10. The molecule has 5 rings (SSSR count). The van der Waals surface area contributed by atoms with Crippen molar-refractivity contribution in [1.82, 2.24) is 9.88 Å². The molecule has 2 N–H and O–H groups in total. The van der Waals surface area contributed by atoms with Crippen molar-refractivity contribution in [1.29, 1.82) is 0 Å². The van der Waals surface area contributed by atoms with E-state index in [4.69, 9.17) is 9.47 Å². The molecule has 0 spiro atoms. The van der Waals surface area contributed by atoms with Crippen LogP contribution in [0.15, 0.2) is 96.2 Å². The fourth-order valence-corrected chi connectivity index (χ4v) is 6.76. The molecule has 0 saturated carbocycles. The lowest BCUT2D eigenvalue weighted by atomic mass is 9.86. The summed E-state index contributed by atoms with van der Waals surface area (Å²) < 4.78 is 40.7. The zero-order chi connectivity index (χ0) is 32.7. The molecule has 1 aliphatic rings. The largest absolute Gasteiger partial charge is 0.497 e. The van der Waals surface area contributed by atoms with Gasteiger partial charge in [-0.05, 0) is 96.1 Å². The number of pyridine rings is 1. The lowest BCUT2D eigenvalue weighted by molar-refractivity contribution is -0.131. The number of methoxy groups -OCH3 is 2. The molecule has 0 aliphatic heterocycles. The number of hydrogen-bond donors (Lipinski definition) is 2. The number of fused-ring (bicyclic) bond motifs is 1. The number of carbonyl (C=O) groups is 2. The number of aromatic nitrogens is 1. The van der Waals surface area contributed by atoms with Gasteiger partial charge in [0, 0.05) is 36.9 Å². The van der Waals surface area contributed by atoms with Gasteiger partial charge in [-0.3, -0.25) is 19.3 Å². The molecule has 4 aromatic rings. The smallest absolute Gasteiger partial charge is 0.265 e. The first-order valence-corrected chi connectivity index (χ1v) is 16.3. The highest BCUT2D eigenvalue weighted by atomic mass is 32.2. The number of nitrogens with zero attached hydrogens (tertiary/aromatic N) is 2. The molecular weight excluding hydrogens is 604 g/mol. The fourth-order valence-electron chi connectivity index (χ4n) is 5.50. The van der Waals surface area contributed by atoms with Crippen molar-refractivity contribution >= 4 is 39.3 Å². The standard InChI is InChI=1S/C35H36N4O6S/c1-39(35(41)22-25-6-4-8-29(20-25)44-2)31-9-5-7-26-12-13-28(23-30(26)31)38-46(42,43)33-21-24(10-14-32(33)45-3)11-15-34(40)37-27-16-18-36-19-17-27/h4,6,8,10-21,23,31,38H,5,7,9,22H2,1-3H3,(H,36,37,40)/b15-11+/t31-/m0/s1. The van der Waals surface area contributed by atoms with Gasteiger partial charge < -0.3 is 19.7 Å². The number of ether oxygens (including phenoxy) is 2. The predicted octanol–water partition coefficient (Wildman–Crippen LogP) is 5.63. The summed E-state index contributed by atoms with van der Waals surface area (Å²) in [6, 6.07) is 20.7. The number of benzene rings is 3. The van der Waals surface area contributed by atoms with Crippen molar-refractivity contribution in [2.45, 2.75) is 36.6 Å². The lowest BCUT2D eigenvalue weighted by Gasteiger charge is -2.34. The Labute approximate surface area is 269 Å². The van der Waals surface area contributed by atoms with Gasteiger partial charge in [-0.1, -0.05) is 24.3 Å². The van der Waals surface area contributed by atoms with Crippen molar-refractivity contribution in [2.75, 3.05) is 31.3 Å². The zero-order valence-corrected chi connectivity index (χ0v) is 26.7. The Hall–Kier alpha value is -5.16. The van der Waals surface area contributed by atoms with Gasteiger partial charge in [-0.25, -0.2) is 8.42 Å². The minimum absolute atomic E-state index is 0.0406. The van der Waals surface area contributed by atoms with Crippen LogP contribution in [0.4, 0.5) is 11.4 Å². The van der Waals surface area contributed by atoms with E-state index in [0.29, 0.717) is 22.7 Å². The number of anilines is 2. The van der Waals surface area contributed by atoms with Crippen LogP contribution < -0.4 is 19.5 Å². The molecule has 2 amide bonds. The molecule has 0 bridgehead atoms. The number of rotatable bonds is 11. The molecule has 1 aliphatic carbocycles. The summed E-state index contributed by atoms with van der Waals surface area (Å²) in [5.41, 5.74) is 4.30. The van der Waals surface area contributed by atoms with Crippen molar-refractivity contribution < 1.29 is 27.5 Å². The third kappa shape index (κ3) is 7.73. The summed E-state index contributed by atoms with van der Waals surface area (Å²) in [6.45, 7) is 0. The highest BCUT2D eigenvalue weighted by Crippen LogP contribution is 2.36. The van der Waals surface area contributed by atoms with Crippen molar-refractivity contribution in [3.8, 4) is 11.5 Å². The first-order chi connectivity index (χ1) is 22.2. The molecule has 238 valence electrons. The Morgan fingerprint density at radius 2 is 1.78 bits per heavy atom. The first kappa shape index (κ1) is 32.2. The van der Waals surface area contributed by atoms with Crippen LogP contribution in [0.5, 0.6) is 11.5 Å². The molecule has 1 heterocycles. The maximum Gasteiger partial charge on any atom is 0.265 e.